The Labute approximate surface area is 98.2 Å². The maximum Gasteiger partial charge on any atom is 0.119 e. The predicted molar refractivity (Wildman–Crippen MR) is 61.4 cm³/mol. The molecule has 4 heteroatoms. The van der Waals surface area contributed by atoms with Crippen molar-refractivity contribution < 1.29 is 4.74 Å². The molecule has 0 fully saturated rings. The topological polar surface area (TPSA) is 9.23 Å². The maximum atomic E-state index is 6.03. The van der Waals surface area contributed by atoms with Gasteiger partial charge in [-0.2, -0.15) is 0 Å². The molecule has 0 radical (unpaired) electrons. The zero-order chi connectivity index (χ0) is 10.6. The van der Waals surface area contributed by atoms with Crippen molar-refractivity contribution in [3.8, 4) is 5.75 Å². The molecular weight excluding hydrogens is 242 g/mol. The van der Waals surface area contributed by atoms with Crippen LogP contribution >= 0.6 is 34.8 Å². The molecule has 1 unspecified atom stereocenters. The van der Waals surface area contributed by atoms with Crippen molar-refractivity contribution in [1.29, 1.82) is 0 Å². The van der Waals surface area contributed by atoms with E-state index in [1.807, 2.05) is 24.3 Å². The van der Waals surface area contributed by atoms with Gasteiger partial charge in [-0.15, -0.1) is 11.6 Å². The van der Waals surface area contributed by atoms with Gasteiger partial charge in [-0.05, 0) is 23.8 Å². The van der Waals surface area contributed by atoms with Crippen molar-refractivity contribution in [3.63, 3.8) is 0 Å². The predicted octanol–water partition coefficient (Wildman–Crippen LogP) is 4.29. The lowest BCUT2D eigenvalue weighted by Gasteiger charge is -2.06. The van der Waals surface area contributed by atoms with Gasteiger partial charge >= 0.3 is 0 Å². The number of allylic oxidation sites excluding steroid dienone is 1. The standard InChI is InChI=1S/C10H9Cl3O/c1-14-8-4-2-3-7(5-8)9(11)6-10(12)13/h2-6,9H,1H3. The first-order chi connectivity index (χ1) is 6.63. The molecule has 0 aliphatic rings. The van der Waals surface area contributed by atoms with Crippen LogP contribution in [-0.4, -0.2) is 7.11 Å². The summed E-state index contributed by atoms with van der Waals surface area (Å²) in [5.74, 6) is 0.757. The summed E-state index contributed by atoms with van der Waals surface area (Å²) in [6, 6.07) is 7.43. The Hall–Kier alpha value is -0.370. The van der Waals surface area contributed by atoms with E-state index < -0.39 is 0 Å². The zero-order valence-corrected chi connectivity index (χ0v) is 9.77. The first-order valence-corrected chi connectivity index (χ1v) is 5.13. The summed E-state index contributed by atoms with van der Waals surface area (Å²) < 4.78 is 5.22. The second-order valence-electron chi connectivity index (χ2n) is 2.63. The highest BCUT2D eigenvalue weighted by molar-refractivity contribution is 6.56. The lowest BCUT2D eigenvalue weighted by Crippen LogP contribution is -1.88. The van der Waals surface area contributed by atoms with Crippen LogP contribution in [0.3, 0.4) is 0 Å². The highest BCUT2D eigenvalue weighted by atomic mass is 35.5. The van der Waals surface area contributed by atoms with Crippen molar-refractivity contribution >= 4 is 34.8 Å². The number of methoxy groups -OCH3 is 1. The molecule has 1 rings (SSSR count). The Bertz CT molecular complexity index is 332. The molecule has 0 bridgehead atoms. The Kier molecular flexibility index (Phi) is 4.59. The maximum absolute atomic E-state index is 6.03. The van der Waals surface area contributed by atoms with Gasteiger partial charge in [-0.1, -0.05) is 35.3 Å². The fourth-order valence-corrected chi connectivity index (χ4v) is 1.66. The Balaban J connectivity index is 2.89. The monoisotopic (exact) mass is 250 g/mol. The number of ether oxygens (including phenoxy) is 1. The summed E-state index contributed by atoms with van der Waals surface area (Å²) in [6.07, 6.45) is 1.56. The van der Waals surface area contributed by atoms with Crippen molar-refractivity contribution in [2.45, 2.75) is 5.38 Å². The second-order valence-corrected chi connectivity index (χ2v) is 4.11. The van der Waals surface area contributed by atoms with Gasteiger partial charge in [-0.3, -0.25) is 0 Å². The SMILES string of the molecule is COc1cccc(C(Cl)C=C(Cl)Cl)c1. The Morgan fingerprint density at radius 2 is 2.14 bits per heavy atom. The highest BCUT2D eigenvalue weighted by Gasteiger charge is 2.05. The first kappa shape index (κ1) is 11.7. The van der Waals surface area contributed by atoms with Crippen LogP contribution in [-0.2, 0) is 0 Å². The van der Waals surface area contributed by atoms with Gasteiger partial charge in [0.15, 0.2) is 0 Å². The number of hydrogen-bond donors (Lipinski definition) is 0. The molecule has 0 amide bonds. The van der Waals surface area contributed by atoms with Gasteiger partial charge in [0, 0.05) is 0 Å². The first-order valence-electron chi connectivity index (χ1n) is 3.94. The molecule has 1 nitrogen and oxygen atoms in total. The lowest BCUT2D eigenvalue weighted by atomic mass is 10.1. The van der Waals surface area contributed by atoms with Crippen LogP contribution in [0.5, 0.6) is 5.75 Å². The quantitative estimate of drug-likeness (QED) is 0.728. The number of halogens is 3. The van der Waals surface area contributed by atoms with E-state index in [1.54, 1.807) is 13.2 Å². The van der Waals surface area contributed by atoms with Gasteiger partial charge in [0.05, 0.1) is 12.5 Å². The van der Waals surface area contributed by atoms with Gasteiger partial charge < -0.3 is 4.74 Å². The van der Waals surface area contributed by atoms with Crippen LogP contribution < -0.4 is 4.74 Å². The molecule has 14 heavy (non-hydrogen) atoms. The van der Waals surface area contributed by atoms with E-state index in [9.17, 15) is 0 Å². The van der Waals surface area contributed by atoms with Crippen molar-refractivity contribution in [1.82, 2.24) is 0 Å². The Morgan fingerprint density at radius 1 is 1.43 bits per heavy atom. The van der Waals surface area contributed by atoms with Gasteiger partial charge in [-0.25, -0.2) is 0 Å². The van der Waals surface area contributed by atoms with Crippen LogP contribution in [0.25, 0.3) is 0 Å². The van der Waals surface area contributed by atoms with E-state index in [-0.39, 0.29) is 9.87 Å². The molecular formula is C10H9Cl3O. The summed E-state index contributed by atoms with van der Waals surface area (Å²) >= 11 is 17.0. The molecule has 0 aromatic heterocycles. The third kappa shape index (κ3) is 3.41. The highest BCUT2D eigenvalue weighted by Crippen LogP contribution is 2.27. The van der Waals surface area contributed by atoms with Crippen LogP contribution in [0.15, 0.2) is 34.8 Å². The minimum Gasteiger partial charge on any atom is -0.497 e. The number of hydrogen-bond acceptors (Lipinski definition) is 1. The van der Waals surface area contributed by atoms with Gasteiger partial charge in [0.2, 0.25) is 0 Å². The zero-order valence-electron chi connectivity index (χ0n) is 7.51. The van der Waals surface area contributed by atoms with E-state index in [0.29, 0.717) is 0 Å². The molecule has 0 aliphatic heterocycles. The molecule has 1 aromatic carbocycles. The fraction of sp³-hybridized carbons (Fsp3) is 0.200. The molecule has 0 saturated carbocycles. The summed E-state index contributed by atoms with van der Waals surface area (Å²) in [7, 11) is 1.60. The van der Waals surface area contributed by atoms with Gasteiger partial charge in [0.1, 0.15) is 10.2 Å². The number of alkyl halides is 1. The summed E-state index contributed by atoms with van der Waals surface area (Å²) in [6.45, 7) is 0. The average molecular weight is 252 g/mol. The van der Waals surface area contributed by atoms with Crippen molar-refractivity contribution in [3.05, 3.63) is 40.4 Å². The van der Waals surface area contributed by atoms with Crippen molar-refractivity contribution in [2.24, 2.45) is 0 Å². The molecule has 76 valence electrons. The molecule has 1 atom stereocenters. The van der Waals surface area contributed by atoms with E-state index in [4.69, 9.17) is 39.5 Å². The van der Waals surface area contributed by atoms with E-state index in [0.717, 1.165) is 11.3 Å². The van der Waals surface area contributed by atoms with E-state index >= 15 is 0 Å². The number of rotatable bonds is 3. The third-order valence-corrected chi connectivity index (χ3v) is 2.31. The third-order valence-electron chi connectivity index (χ3n) is 1.68. The van der Waals surface area contributed by atoms with E-state index in [1.165, 1.54) is 0 Å². The smallest absolute Gasteiger partial charge is 0.119 e. The van der Waals surface area contributed by atoms with Gasteiger partial charge in [0.25, 0.3) is 0 Å². The minimum absolute atomic E-state index is 0.160. The molecule has 1 aromatic rings. The van der Waals surface area contributed by atoms with Crippen LogP contribution in [0, 0.1) is 0 Å². The van der Waals surface area contributed by atoms with Crippen LogP contribution in [0.2, 0.25) is 0 Å². The normalized spacial score (nSPS) is 12.0. The fourth-order valence-electron chi connectivity index (χ4n) is 1.02. The summed E-state index contributed by atoms with van der Waals surface area (Å²) in [5, 5.41) is -0.338. The number of benzene rings is 1. The Morgan fingerprint density at radius 3 is 2.71 bits per heavy atom. The van der Waals surface area contributed by atoms with Crippen LogP contribution in [0.4, 0.5) is 0 Å². The summed E-state index contributed by atoms with van der Waals surface area (Å²) in [4.78, 5) is 0. The molecule has 0 spiro atoms. The van der Waals surface area contributed by atoms with E-state index in [2.05, 4.69) is 0 Å². The second kappa shape index (κ2) is 5.50. The molecule has 0 aliphatic carbocycles. The lowest BCUT2D eigenvalue weighted by molar-refractivity contribution is 0.414. The molecule has 0 N–H and O–H groups in total. The molecule has 0 saturated heterocycles. The van der Waals surface area contributed by atoms with Crippen LogP contribution in [0.1, 0.15) is 10.9 Å². The summed E-state index contributed by atoms with van der Waals surface area (Å²) in [5.41, 5.74) is 0.893. The largest absolute Gasteiger partial charge is 0.497 e. The minimum atomic E-state index is -0.338. The average Bonchev–Trinajstić information content (AvgIpc) is 2.17. The van der Waals surface area contributed by atoms with Crippen molar-refractivity contribution in [2.75, 3.05) is 7.11 Å². The molecule has 0 heterocycles.